The van der Waals surface area contributed by atoms with Gasteiger partial charge in [-0.3, -0.25) is 24.0 Å². The van der Waals surface area contributed by atoms with Crippen molar-refractivity contribution in [1.82, 2.24) is 26.2 Å². The quantitative estimate of drug-likeness (QED) is 0.0963. The van der Waals surface area contributed by atoms with Gasteiger partial charge >= 0.3 is 0 Å². The molecular weight excluding hydrogens is 811 g/mol. The van der Waals surface area contributed by atoms with E-state index in [2.05, 4.69) is 42.0 Å². The Labute approximate surface area is 414 Å². The van der Waals surface area contributed by atoms with E-state index in [4.69, 9.17) is 0 Å². The van der Waals surface area contributed by atoms with Crippen molar-refractivity contribution in [2.75, 3.05) is 6.54 Å². The van der Waals surface area contributed by atoms with Crippen molar-refractivity contribution in [3.63, 3.8) is 0 Å². The predicted molar refractivity (Wildman–Crippen MR) is 302 cm³/mol. The Morgan fingerprint density at radius 1 is 0.492 bits per heavy atom. The molecule has 8 atom stereocenters. The van der Waals surface area contributed by atoms with Crippen LogP contribution in [-0.4, -0.2) is 71.2 Å². The van der Waals surface area contributed by atoms with Gasteiger partial charge in [0, 0.05) is 66.3 Å². The number of nitrogens with zero attached hydrogens (tertiary/aromatic N) is 1. The maximum absolute atomic E-state index is 12.5. The van der Waals surface area contributed by atoms with Crippen molar-refractivity contribution in [2.24, 2.45) is 23.2 Å². The van der Waals surface area contributed by atoms with Crippen LogP contribution < -0.4 is 21.3 Å². The third-order valence-corrected chi connectivity index (χ3v) is 10.9. The molecule has 1 saturated heterocycles. The summed E-state index contributed by atoms with van der Waals surface area (Å²) in [6.07, 6.45) is 11.6. The Bertz CT molecular complexity index is 1050. The second-order valence-electron chi connectivity index (χ2n) is 16.3. The van der Waals surface area contributed by atoms with Gasteiger partial charge in [-0.15, -0.1) is 0 Å². The van der Waals surface area contributed by atoms with E-state index in [1.165, 1.54) is 0 Å². The van der Waals surface area contributed by atoms with E-state index in [-0.39, 0.29) is 161 Å². The number of carbonyl (C=O) groups excluding carboxylic acids is 5. The summed E-state index contributed by atoms with van der Waals surface area (Å²) in [7, 11) is 0. The minimum atomic E-state index is -0.448. The van der Waals surface area contributed by atoms with Gasteiger partial charge in [-0.2, -0.15) is 0 Å². The van der Waals surface area contributed by atoms with Gasteiger partial charge in [0.1, 0.15) is 0 Å². The molecule has 1 fully saturated rings. The first-order valence-corrected chi connectivity index (χ1v) is 21.3. The molecule has 0 radical (unpaired) electrons. The van der Waals surface area contributed by atoms with Gasteiger partial charge in [0.2, 0.25) is 29.5 Å². The molecule has 0 spiro atoms. The van der Waals surface area contributed by atoms with Gasteiger partial charge in [-0.1, -0.05) is 172 Å². The Morgan fingerprint density at radius 2 is 0.862 bits per heavy atom. The van der Waals surface area contributed by atoms with E-state index in [1.807, 2.05) is 88.0 Å². The Kier molecular flexibility index (Phi) is 86.0. The lowest BCUT2D eigenvalue weighted by atomic mass is 9.83. The molecule has 1 aliphatic heterocycles. The third-order valence-electron chi connectivity index (χ3n) is 10.9. The molecule has 65 heavy (non-hydrogen) atoms. The van der Waals surface area contributed by atoms with Crippen LogP contribution in [0.25, 0.3) is 0 Å². The first-order valence-electron chi connectivity index (χ1n) is 21.3. The summed E-state index contributed by atoms with van der Waals surface area (Å²) in [6.45, 7) is 31.1. The Balaban J connectivity index is -0.0000000476. The second-order valence-corrected chi connectivity index (χ2v) is 16.3. The number of rotatable bonds is 20. The monoisotopic (exact) mass is 944 g/mol. The Morgan fingerprint density at radius 3 is 1.22 bits per heavy atom. The molecule has 1 rings (SSSR count). The lowest BCUT2D eigenvalue weighted by molar-refractivity contribution is -0.137. The van der Waals surface area contributed by atoms with E-state index >= 15 is 0 Å². The van der Waals surface area contributed by atoms with Gasteiger partial charge in [-0.05, 0) is 98.3 Å². The van der Waals surface area contributed by atoms with E-state index in [0.29, 0.717) is 18.9 Å². The minimum Gasteiger partial charge on any atom is -0.353 e. The zero-order chi connectivity index (χ0) is 41.3. The molecule has 1 heterocycles. The molecule has 0 saturated carbocycles. The number of nitrogens with one attached hydrogen (secondary N) is 4. The highest BCUT2D eigenvalue weighted by Gasteiger charge is 2.35. The van der Waals surface area contributed by atoms with Crippen molar-refractivity contribution in [1.29, 1.82) is 0 Å². The molecule has 0 bridgehead atoms. The van der Waals surface area contributed by atoms with Crippen molar-refractivity contribution in [2.45, 2.75) is 307 Å². The maximum atomic E-state index is 12.5. The van der Waals surface area contributed by atoms with Crippen LogP contribution in [0.5, 0.6) is 0 Å². The molecule has 0 aromatic rings. The highest BCUT2D eigenvalue weighted by molar-refractivity contribution is 5.83. The second kappa shape index (κ2) is 55.7. The summed E-state index contributed by atoms with van der Waals surface area (Å²) >= 11 is 0. The highest BCUT2D eigenvalue weighted by atomic mass is 16.2. The van der Waals surface area contributed by atoms with Crippen LogP contribution >= 0.6 is 0 Å². The van der Waals surface area contributed by atoms with Crippen molar-refractivity contribution < 1.29 is 24.0 Å². The fourth-order valence-corrected chi connectivity index (χ4v) is 5.68. The molecule has 0 aromatic heterocycles. The zero-order valence-corrected chi connectivity index (χ0v) is 37.0. The van der Waals surface area contributed by atoms with Gasteiger partial charge in [0.15, 0.2) is 0 Å². The first-order chi connectivity index (χ1) is 24.8. The summed E-state index contributed by atoms with van der Waals surface area (Å²) in [5.74, 6) is 0.619. The zero-order valence-electron chi connectivity index (χ0n) is 37.0. The normalized spacial score (nSPS) is 14.4. The summed E-state index contributed by atoms with van der Waals surface area (Å²) in [5.41, 5.74) is -0.448. The number of carbonyl (C=O) groups is 5. The van der Waals surface area contributed by atoms with E-state index in [1.54, 1.807) is 0 Å². The van der Waals surface area contributed by atoms with E-state index in [9.17, 15) is 24.0 Å². The fourth-order valence-electron chi connectivity index (χ4n) is 5.68. The maximum Gasteiger partial charge on any atom is 0.225 e. The SMILES string of the molecule is C.C.C.C.C.C.C.C.C.C.C.C.CCC(C)NC(=O)C(C)(C)CC(CC)N1CCCCCC1=O.CCC(C)NC(=O)C(C)CC.CCC(C)NC(=O)C(C)CC(CC)C(=O)NC(C)CC. The van der Waals surface area contributed by atoms with E-state index < -0.39 is 5.41 Å². The van der Waals surface area contributed by atoms with Gasteiger partial charge in [-0.25, -0.2) is 0 Å². The van der Waals surface area contributed by atoms with Crippen LogP contribution in [0.4, 0.5) is 0 Å². The standard InChI is InChI=1S/C18H34N2O2.C16H32N2O2.C9H19NO.12CH4/c1-6-14(3)19-17(22)18(4,5)13-15(7-2)20-12-10-8-9-11-16(20)21;1-7-12(5)17-15(19)11(4)10-14(9-3)16(20)18-13(6)8-2;1-5-7(3)9(11)10-8(4)6-2;;;;;;;;;;;;/h14-15H,6-13H2,1-5H3,(H,19,22);11-14H,7-10H2,1-6H3,(H,17,19)(H,18,20);7-8H,5-6H2,1-4H3,(H,10,11);12*1H4. The van der Waals surface area contributed by atoms with Gasteiger partial charge in [0.05, 0.1) is 0 Å². The topological polar surface area (TPSA) is 137 Å². The average Bonchev–Trinajstić information content (AvgIpc) is 3.35. The molecule has 4 N–H and O–H groups in total. The number of amides is 5. The van der Waals surface area contributed by atoms with E-state index in [0.717, 1.165) is 77.2 Å². The lowest BCUT2D eigenvalue weighted by Crippen LogP contribution is -2.47. The smallest absolute Gasteiger partial charge is 0.225 e. The fraction of sp³-hybridized carbons (Fsp3) is 0.909. The number of hydrogen-bond acceptors (Lipinski definition) is 5. The molecule has 0 aliphatic carbocycles. The van der Waals surface area contributed by atoms with Crippen molar-refractivity contribution >= 4 is 29.5 Å². The van der Waals surface area contributed by atoms with Gasteiger partial charge < -0.3 is 26.2 Å². The van der Waals surface area contributed by atoms with Crippen LogP contribution in [0, 0.1) is 23.2 Å². The predicted octanol–water partition coefficient (Wildman–Crippen LogP) is 15.9. The van der Waals surface area contributed by atoms with Crippen LogP contribution in [0.2, 0.25) is 0 Å². The Hall–Kier alpha value is -2.65. The summed E-state index contributed by atoms with van der Waals surface area (Å²) in [6, 6.07) is 1.08. The molecule has 10 nitrogen and oxygen atoms in total. The summed E-state index contributed by atoms with van der Waals surface area (Å²) < 4.78 is 0. The largest absolute Gasteiger partial charge is 0.353 e. The number of likely N-dealkylation sites (tertiary alicyclic amines) is 1. The minimum absolute atomic E-state index is 0. The lowest BCUT2D eigenvalue weighted by Gasteiger charge is -2.36. The summed E-state index contributed by atoms with van der Waals surface area (Å²) in [5, 5.41) is 12.0. The van der Waals surface area contributed by atoms with Gasteiger partial charge in [0.25, 0.3) is 0 Å². The third kappa shape index (κ3) is 43.7. The molecule has 8 unspecified atom stereocenters. The van der Waals surface area contributed by atoms with Crippen molar-refractivity contribution in [3.8, 4) is 0 Å². The van der Waals surface area contributed by atoms with Crippen LogP contribution in [0.15, 0.2) is 0 Å². The molecular formula is C55H133N5O5. The molecule has 1 aliphatic rings. The van der Waals surface area contributed by atoms with Crippen LogP contribution in [0.1, 0.15) is 276 Å². The summed E-state index contributed by atoms with van der Waals surface area (Å²) in [4.78, 5) is 62.2. The number of hydrogen-bond donors (Lipinski definition) is 4. The first kappa shape index (κ1) is 100. The molecule has 408 valence electrons. The van der Waals surface area contributed by atoms with Crippen LogP contribution in [-0.2, 0) is 24.0 Å². The molecule has 10 heteroatoms. The highest BCUT2D eigenvalue weighted by Crippen LogP contribution is 2.29. The molecule has 0 aromatic carbocycles. The van der Waals surface area contributed by atoms with Crippen LogP contribution in [0.3, 0.4) is 0 Å². The average molecular weight is 945 g/mol. The molecule has 5 amide bonds. The van der Waals surface area contributed by atoms with Crippen molar-refractivity contribution in [3.05, 3.63) is 0 Å².